The second-order valence-electron chi connectivity index (χ2n) is 7.31. The van der Waals surface area contributed by atoms with E-state index in [1.807, 2.05) is 52.0 Å². The van der Waals surface area contributed by atoms with E-state index in [4.69, 9.17) is 14.0 Å². The molecule has 2 aliphatic rings. The minimum atomic E-state index is -0.366. The van der Waals surface area contributed by atoms with Gasteiger partial charge in [-0.25, -0.2) is 0 Å². The maximum absolute atomic E-state index is 11.9. The van der Waals surface area contributed by atoms with Crippen LogP contribution >= 0.6 is 0 Å². The first-order chi connectivity index (χ1) is 10.8. The summed E-state index contributed by atoms with van der Waals surface area (Å²) in [5.41, 5.74) is 1.26. The molecule has 1 N–H and O–H groups in total. The monoisotopic (exact) mass is 317 g/mol. The molecule has 2 heterocycles. The summed E-state index contributed by atoms with van der Waals surface area (Å²) in [4.78, 5) is 11.9. The van der Waals surface area contributed by atoms with Crippen LogP contribution in [0.5, 0.6) is 0 Å². The molecule has 2 saturated heterocycles. The number of nitrogens with one attached hydrogen (secondary N) is 1. The summed E-state index contributed by atoms with van der Waals surface area (Å²) in [6.45, 7) is 9.39. The molecule has 1 amide bonds. The predicted octanol–water partition coefficient (Wildman–Crippen LogP) is 1.04. The molecule has 1 aromatic carbocycles. The Labute approximate surface area is 137 Å². The van der Waals surface area contributed by atoms with Crippen LogP contribution in [0.15, 0.2) is 24.3 Å². The Hall–Kier alpha value is -1.37. The van der Waals surface area contributed by atoms with Gasteiger partial charge in [0.15, 0.2) is 0 Å². The molecule has 0 unspecified atom stereocenters. The van der Waals surface area contributed by atoms with Crippen LogP contribution in [0.1, 0.15) is 33.3 Å². The van der Waals surface area contributed by atoms with Crippen molar-refractivity contribution in [3.05, 3.63) is 29.8 Å². The molecule has 0 atom stereocenters. The normalized spacial score (nSPS) is 22.7. The Morgan fingerprint density at radius 3 is 2.17 bits per heavy atom. The second-order valence-corrected chi connectivity index (χ2v) is 7.31. The van der Waals surface area contributed by atoms with Crippen LogP contribution in [0.2, 0.25) is 0 Å². The highest BCUT2D eigenvalue weighted by molar-refractivity contribution is 6.62. The summed E-state index contributed by atoms with van der Waals surface area (Å²) in [6, 6.07) is 8.02. The van der Waals surface area contributed by atoms with E-state index in [0.29, 0.717) is 19.6 Å². The fraction of sp³-hybridized carbons (Fsp3) is 0.588. The lowest BCUT2D eigenvalue weighted by Crippen LogP contribution is -2.49. The van der Waals surface area contributed by atoms with Crippen LogP contribution in [0.25, 0.3) is 0 Å². The van der Waals surface area contributed by atoms with Crippen molar-refractivity contribution < 1.29 is 18.8 Å². The van der Waals surface area contributed by atoms with Gasteiger partial charge in [-0.2, -0.15) is 0 Å². The molecule has 2 fully saturated rings. The lowest BCUT2D eigenvalue weighted by molar-refractivity contribution is -0.124. The Bertz CT molecular complexity index is 565. The summed E-state index contributed by atoms with van der Waals surface area (Å²) < 4.78 is 17.1. The summed E-state index contributed by atoms with van der Waals surface area (Å²) in [5, 5.41) is 2.94. The predicted molar refractivity (Wildman–Crippen MR) is 88.6 cm³/mol. The van der Waals surface area contributed by atoms with Gasteiger partial charge >= 0.3 is 7.12 Å². The van der Waals surface area contributed by atoms with Crippen LogP contribution < -0.4 is 10.8 Å². The molecule has 0 aromatic heterocycles. The van der Waals surface area contributed by atoms with Gasteiger partial charge in [-0.15, -0.1) is 0 Å². The summed E-state index contributed by atoms with van der Waals surface area (Å²) in [7, 11) is -0.366. The molecule has 5 nitrogen and oxygen atoms in total. The number of ether oxygens (including phenoxy) is 1. The molecule has 124 valence electrons. The van der Waals surface area contributed by atoms with Crippen LogP contribution in [-0.4, -0.2) is 43.5 Å². The zero-order valence-corrected chi connectivity index (χ0v) is 14.2. The zero-order chi connectivity index (χ0) is 16.7. The van der Waals surface area contributed by atoms with Crippen molar-refractivity contribution in [2.75, 3.05) is 13.2 Å². The fourth-order valence-electron chi connectivity index (χ4n) is 2.55. The molecular formula is C17H24BNO4. The minimum Gasteiger partial charge on any atom is -0.399 e. The molecule has 0 aliphatic carbocycles. The quantitative estimate of drug-likeness (QED) is 0.843. The van der Waals surface area contributed by atoms with Gasteiger partial charge in [0.05, 0.1) is 36.9 Å². The van der Waals surface area contributed by atoms with Gasteiger partial charge in [-0.05, 0) is 38.7 Å². The van der Waals surface area contributed by atoms with Crippen LogP contribution in [0, 0.1) is 0 Å². The van der Waals surface area contributed by atoms with Crippen LogP contribution in [-0.2, 0) is 25.3 Å². The molecule has 0 spiro atoms. The van der Waals surface area contributed by atoms with Crippen LogP contribution in [0.4, 0.5) is 0 Å². The number of hydrogen-bond acceptors (Lipinski definition) is 4. The molecule has 23 heavy (non-hydrogen) atoms. The smallest absolute Gasteiger partial charge is 0.399 e. The first-order valence-electron chi connectivity index (χ1n) is 8.08. The summed E-state index contributed by atoms with van der Waals surface area (Å²) in [5.74, 6) is 0.0293. The van der Waals surface area contributed by atoms with Gasteiger partial charge in [0.2, 0.25) is 5.91 Å². The average molecular weight is 317 g/mol. The number of carbonyl (C=O) groups is 1. The van der Waals surface area contributed by atoms with Gasteiger partial charge < -0.3 is 19.4 Å². The van der Waals surface area contributed by atoms with Crippen molar-refractivity contribution in [3.8, 4) is 0 Å². The molecule has 1 aromatic rings. The van der Waals surface area contributed by atoms with Crippen molar-refractivity contribution in [3.63, 3.8) is 0 Å². The molecule has 0 radical (unpaired) electrons. The zero-order valence-electron chi connectivity index (χ0n) is 14.2. The van der Waals surface area contributed by atoms with Crippen molar-refractivity contribution in [2.45, 2.75) is 51.4 Å². The largest absolute Gasteiger partial charge is 0.494 e. The first-order valence-corrected chi connectivity index (χ1v) is 8.08. The maximum atomic E-state index is 11.9. The fourth-order valence-corrected chi connectivity index (χ4v) is 2.55. The van der Waals surface area contributed by atoms with Crippen molar-refractivity contribution in [1.29, 1.82) is 0 Å². The Balaban J connectivity index is 1.60. The van der Waals surface area contributed by atoms with E-state index in [2.05, 4.69) is 5.32 Å². The second kappa shape index (κ2) is 5.93. The molecule has 0 bridgehead atoms. The van der Waals surface area contributed by atoms with E-state index >= 15 is 0 Å². The lowest BCUT2D eigenvalue weighted by Gasteiger charge is -2.32. The van der Waals surface area contributed by atoms with Crippen molar-refractivity contribution in [2.24, 2.45) is 0 Å². The third-order valence-electron chi connectivity index (χ3n) is 4.87. The van der Waals surface area contributed by atoms with E-state index in [1.165, 1.54) is 0 Å². The maximum Gasteiger partial charge on any atom is 0.494 e. The number of hydrogen-bond donors (Lipinski definition) is 1. The van der Waals surface area contributed by atoms with Crippen molar-refractivity contribution in [1.82, 2.24) is 5.32 Å². The molecular weight excluding hydrogens is 293 g/mol. The number of benzene rings is 1. The SMILES string of the molecule is CC1(C)OB(c2ccc(CC(=O)NC3COC3)cc2)OC1(C)C. The highest BCUT2D eigenvalue weighted by atomic mass is 16.7. The summed E-state index contributed by atoms with van der Waals surface area (Å²) in [6.07, 6.45) is 0.375. The van der Waals surface area contributed by atoms with Gasteiger partial charge in [0.1, 0.15) is 0 Å². The standard InChI is InChI=1S/C17H24BNO4/c1-16(2)17(3,4)23-18(22-16)13-7-5-12(6-8-13)9-15(20)19-14-10-21-11-14/h5-8,14H,9-11H2,1-4H3,(H,19,20). The third-order valence-corrected chi connectivity index (χ3v) is 4.87. The van der Waals surface area contributed by atoms with E-state index in [0.717, 1.165) is 11.0 Å². The minimum absolute atomic E-state index is 0.0293. The number of rotatable bonds is 4. The third kappa shape index (κ3) is 3.44. The van der Waals surface area contributed by atoms with Crippen LogP contribution in [0.3, 0.4) is 0 Å². The topological polar surface area (TPSA) is 56.8 Å². The Morgan fingerprint density at radius 1 is 1.13 bits per heavy atom. The first kappa shape index (κ1) is 16.5. The highest BCUT2D eigenvalue weighted by Crippen LogP contribution is 2.36. The molecule has 3 rings (SSSR count). The van der Waals surface area contributed by atoms with E-state index < -0.39 is 0 Å². The van der Waals surface area contributed by atoms with Crippen molar-refractivity contribution >= 4 is 18.5 Å². The Kier molecular flexibility index (Phi) is 4.25. The Morgan fingerprint density at radius 2 is 1.70 bits per heavy atom. The van der Waals surface area contributed by atoms with E-state index in [1.54, 1.807) is 0 Å². The highest BCUT2D eigenvalue weighted by Gasteiger charge is 2.51. The molecule has 6 heteroatoms. The van der Waals surface area contributed by atoms with E-state index in [-0.39, 0.29) is 30.3 Å². The number of amides is 1. The lowest BCUT2D eigenvalue weighted by atomic mass is 9.79. The summed E-state index contributed by atoms with van der Waals surface area (Å²) >= 11 is 0. The van der Waals surface area contributed by atoms with E-state index in [9.17, 15) is 4.79 Å². The molecule has 0 saturated carbocycles. The average Bonchev–Trinajstić information content (AvgIpc) is 2.64. The van der Waals surface area contributed by atoms with Gasteiger partial charge in [0.25, 0.3) is 0 Å². The van der Waals surface area contributed by atoms with Gasteiger partial charge in [-0.1, -0.05) is 24.3 Å². The van der Waals surface area contributed by atoms with Gasteiger partial charge in [0, 0.05) is 0 Å². The van der Waals surface area contributed by atoms with Gasteiger partial charge in [-0.3, -0.25) is 4.79 Å². The number of carbonyl (C=O) groups excluding carboxylic acids is 1. The molecule has 2 aliphatic heterocycles.